The van der Waals surface area contributed by atoms with Crippen molar-refractivity contribution in [1.82, 2.24) is 0 Å². The number of benzene rings is 2. The fourth-order valence-corrected chi connectivity index (χ4v) is 1.90. The topological polar surface area (TPSA) is 78.7 Å². The van der Waals surface area contributed by atoms with Gasteiger partial charge in [0.2, 0.25) is 0 Å². The summed E-state index contributed by atoms with van der Waals surface area (Å²) in [6.07, 6.45) is 0. The number of esters is 1. The number of nitro groups is 1. The van der Waals surface area contributed by atoms with Gasteiger partial charge in [-0.3, -0.25) is 10.1 Å². The van der Waals surface area contributed by atoms with Crippen LogP contribution in [0.2, 0.25) is 5.02 Å². The van der Waals surface area contributed by atoms with Crippen molar-refractivity contribution in [1.29, 1.82) is 0 Å². The van der Waals surface area contributed by atoms with Gasteiger partial charge < -0.3 is 9.47 Å². The minimum Gasteiger partial charge on any atom is -0.494 e. The normalized spacial score (nSPS) is 10.1. The van der Waals surface area contributed by atoms with Crippen LogP contribution in [0.5, 0.6) is 11.5 Å². The first kappa shape index (κ1) is 15.8. The summed E-state index contributed by atoms with van der Waals surface area (Å²) in [4.78, 5) is 22.1. The average Bonchev–Trinajstić information content (AvgIpc) is 2.49. The Labute approximate surface area is 131 Å². The lowest BCUT2D eigenvalue weighted by Crippen LogP contribution is -2.09. The van der Waals surface area contributed by atoms with Crippen LogP contribution in [0.1, 0.15) is 17.3 Å². The summed E-state index contributed by atoms with van der Waals surface area (Å²) >= 11 is 5.70. The molecule has 6 nitrogen and oxygen atoms in total. The Kier molecular flexibility index (Phi) is 4.95. The molecule has 0 amide bonds. The van der Waals surface area contributed by atoms with E-state index in [-0.39, 0.29) is 16.3 Å². The molecule has 22 heavy (non-hydrogen) atoms. The second-order valence-electron chi connectivity index (χ2n) is 4.22. The third kappa shape index (κ3) is 3.73. The maximum Gasteiger partial charge on any atom is 0.343 e. The molecule has 0 aliphatic rings. The van der Waals surface area contributed by atoms with E-state index < -0.39 is 10.9 Å². The predicted molar refractivity (Wildman–Crippen MR) is 80.7 cm³/mol. The van der Waals surface area contributed by atoms with Gasteiger partial charge in [0.05, 0.1) is 17.1 Å². The molecule has 0 aliphatic heterocycles. The van der Waals surface area contributed by atoms with Gasteiger partial charge in [0.15, 0.2) is 0 Å². The molecule has 0 radical (unpaired) electrons. The van der Waals surface area contributed by atoms with Gasteiger partial charge in [0, 0.05) is 6.07 Å². The first-order chi connectivity index (χ1) is 10.5. The number of hydrogen-bond donors (Lipinski definition) is 0. The summed E-state index contributed by atoms with van der Waals surface area (Å²) < 4.78 is 10.4. The van der Waals surface area contributed by atoms with Gasteiger partial charge in [-0.15, -0.1) is 0 Å². The van der Waals surface area contributed by atoms with Gasteiger partial charge in [-0.2, -0.15) is 0 Å². The van der Waals surface area contributed by atoms with Gasteiger partial charge in [-0.25, -0.2) is 4.79 Å². The number of nitrogens with zero attached hydrogens (tertiary/aromatic N) is 1. The average molecular weight is 322 g/mol. The van der Waals surface area contributed by atoms with Crippen molar-refractivity contribution in [3.05, 3.63) is 63.2 Å². The Morgan fingerprint density at radius 2 is 1.82 bits per heavy atom. The minimum atomic E-state index is -0.705. The van der Waals surface area contributed by atoms with Crippen LogP contribution in [0.4, 0.5) is 5.69 Å². The van der Waals surface area contributed by atoms with E-state index in [0.29, 0.717) is 18.1 Å². The molecule has 0 saturated heterocycles. The molecular weight excluding hydrogens is 310 g/mol. The van der Waals surface area contributed by atoms with Gasteiger partial charge in [0.1, 0.15) is 16.5 Å². The second kappa shape index (κ2) is 6.91. The van der Waals surface area contributed by atoms with E-state index in [0.717, 1.165) is 6.07 Å². The van der Waals surface area contributed by atoms with Crippen LogP contribution in [-0.2, 0) is 0 Å². The molecular formula is C15H12ClNO5. The quantitative estimate of drug-likeness (QED) is 0.361. The molecule has 0 aliphatic carbocycles. The number of ether oxygens (including phenoxy) is 2. The minimum absolute atomic E-state index is 0.0392. The SMILES string of the molecule is CCOc1ccc(OC(=O)c2ccc(Cl)c([N+](=O)[O-])c2)cc1. The zero-order valence-corrected chi connectivity index (χ0v) is 12.4. The molecule has 0 saturated carbocycles. The molecule has 0 bridgehead atoms. The van der Waals surface area contributed by atoms with Crippen molar-refractivity contribution in [2.75, 3.05) is 6.61 Å². The highest BCUT2D eigenvalue weighted by atomic mass is 35.5. The summed E-state index contributed by atoms with van der Waals surface area (Å²) in [7, 11) is 0. The third-order valence-electron chi connectivity index (χ3n) is 2.72. The highest BCUT2D eigenvalue weighted by Crippen LogP contribution is 2.26. The van der Waals surface area contributed by atoms with Crippen molar-refractivity contribution in [3.8, 4) is 11.5 Å². The van der Waals surface area contributed by atoms with E-state index in [4.69, 9.17) is 21.1 Å². The van der Waals surface area contributed by atoms with Crippen molar-refractivity contribution in [2.45, 2.75) is 6.92 Å². The molecule has 2 aromatic rings. The summed E-state index contributed by atoms with van der Waals surface area (Å²) in [6.45, 7) is 2.40. The van der Waals surface area contributed by atoms with Crippen LogP contribution in [-0.4, -0.2) is 17.5 Å². The van der Waals surface area contributed by atoms with E-state index >= 15 is 0 Å². The van der Waals surface area contributed by atoms with Crippen LogP contribution in [0, 0.1) is 10.1 Å². The summed E-state index contributed by atoms with van der Waals surface area (Å²) in [5, 5.41) is 10.8. The Bertz CT molecular complexity index is 700. The molecule has 114 valence electrons. The molecule has 0 unspecified atom stereocenters. The highest BCUT2D eigenvalue weighted by Gasteiger charge is 2.17. The van der Waals surface area contributed by atoms with Crippen LogP contribution < -0.4 is 9.47 Å². The second-order valence-corrected chi connectivity index (χ2v) is 4.62. The molecule has 0 fully saturated rings. The molecule has 0 N–H and O–H groups in total. The van der Waals surface area contributed by atoms with Crippen molar-refractivity contribution < 1.29 is 19.2 Å². The zero-order chi connectivity index (χ0) is 16.1. The number of carbonyl (C=O) groups is 1. The fraction of sp³-hybridized carbons (Fsp3) is 0.133. The highest BCUT2D eigenvalue weighted by molar-refractivity contribution is 6.32. The molecule has 2 aromatic carbocycles. The van der Waals surface area contributed by atoms with Crippen LogP contribution in [0.15, 0.2) is 42.5 Å². The molecule has 0 atom stereocenters. The Morgan fingerprint density at radius 1 is 1.18 bits per heavy atom. The van der Waals surface area contributed by atoms with Crippen molar-refractivity contribution in [3.63, 3.8) is 0 Å². The largest absolute Gasteiger partial charge is 0.494 e. The Hall–Kier alpha value is -2.60. The van der Waals surface area contributed by atoms with Gasteiger partial charge in [0.25, 0.3) is 5.69 Å². The number of halogens is 1. The Morgan fingerprint density at radius 3 is 2.41 bits per heavy atom. The van der Waals surface area contributed by atoms with Crippen LogP contribution >= 0.6 is 11.6 Å². The molecule has 2 rings (SSSR count). The third-order valence-corrected chi connectivity index (χ3v) is 3.04. The van der Waals surface area contributed by atoms with Crippen LogP contribution in [0.25, 0.3) is 0 Å². The lowest BCUT2D eigenvalue weighted by molar-refractivity contribution is -0.384. The predicted octanol–water partition coefficient (Wildman–Crippen LogP) is 3.87. The van der Waals surface area contributed by atoms with Gasteiger partial charge in [-0.05, 0) is 43.3 Å². The standard InChI is InChI=1S/C15H12ClNO5/c1-2-21-11-4-6-12(7-5-11)22-15(18)10-3-8-13(16)14(9-10)17(19)20/h3-9H,2H2,1H3. The van der Waals surface area contributed by atoms with Crippen molar-refractivity contribution >= 4 is 23.3 Å². The molecule has 0 heterocycles. The maximum atomic E-state index is 12.0. The van der Waals surface area contributed by atoms with E-state index in [1.807, 2.05) is 6.92 Å². The number of carbonyl (C=O) groups excluding carboxylic acids is 1. The summed E-state index contributed by atoms with van der Waals surface area (Å²) in [5.41, 5.74) is -0.298. The van der Waals surface area contributed by atoms with Gasteiger partial charge in [-0.1, -0.05) is 11.6 Å². The summed E-state index contributed by atoms with van der Waals surface area (Å²) in [6, 6.07) is 10.2. The maximum absolute atomic E-state index is 12.0. The molecule has 7 heteroatoms. The Balaban J connectivity index is 2.15. The first-order valence-electron chi connectivity index (χ1n) is 6.40. The zero-order valence-electron chi connectivity index (χ0n) is 11.6. The van der Waals surface area contributed by atoms with E-state index in [1.54, 1.807) is 24.3 Å². The lowest BCUT2D eigenvalue weighted by atomic mass is 10.2. The van der Waals surface area contributed by atoms with E-state index in [1.165, 1.54) is 12.1 Å². The van der Waals surface area contributed by atoms with Gasteiger partial charge >= 0.3 is 5.97 Å². The van der Waals surface area contributed by atoms with Crippen molar-refractivity contribution in [2.24, 2.45) is 0 Å². The fourth-order valence-electron chi connectivity index (χ4n) is 1.72. The number of hydrogen-bond acceptors (Lipinski definition) is 5. The smallest absolute Gasteiger partial charge is 0.343 e. The summed E-state index contributed by atoms with van der Waals surface area (Å²) in [5.74, 6) is 0.263. The van der Waals surface area contributed by atoms with Crippen LogP contribution in [0.3, 0.4) is 0 Å². The van der Waals surface area contributed by atoms with E-state index in [9.17, 15) is 14.9 Å². The molecule has 0 spiro atoms. The molecule has 0 aromatic heterocycles. The lowest BCUT2D eigenvalue weighted by Gasteiger charge is -2.06. The number of nitro benzene ring substituents is 1. The first-order valence-corrected chi connectivity index (χ1v) is 6.78. The number of rotatable bonds is 5. The monoisotopic (exact) mass is 321 g/mol. The van der Waals surface area contributed by atoms with E-state index in [2.05, 4.69) is 0 Å².